The van der Waals surface area contributed by atoms with Crippen molar-refractivity contribution < 1.29 is 9.90 Å². The maximum absolute atomic E-state index is 11.6. The van der Waals surface area contributed by atoms with Crippen molar-refractivity contribution in [2.24, 2.45) is 16.7 Å². The lowest BCUT2D eigenvalue weighted by atomic mass is 9.70. The van der Waals surface area contributed by atoms with Crippen molar-refractivity contribution in [3.63, 3.8) is 0 Å². The molecule has 2 saturated carbocycles. The summed E-state index contributed by atoms with van der Waals surface area (Å²) in [6.07, 6.45) is 3.25. The molecule has 2 fully saturated rings. The molecule has 1 N–H and O–H groups in total. The van der Waals surface area contributed by atoms with Crippen molar-refractivity contribution >= 4 is 5.78 Å². The molecule has 0 radical (unpaired) electrons. The predicted molar refractivity (Wildman–Crippen MR) is 57.0 cm³/mol. The van der Waals surface area contributed by atoms with Crippen LogP contribution >= 0.6 is 0 Å². The van der Waals surface area contributed by atoms with E-state index in [9.17, 15) is 4.79 Å². The summed E-state index contributed by atoms with van der Waals surface area (Å²) in [6.45, 7) is 8.60. The number of hydrogen-bond acceptors (Lipinski definition) is 2. The third-order valence-electron chi connectivity index (χ3n) is 4.48. The zero-order chi connectivity index (χ0) is 11.0. The summed E-state index contributed by atoms with van der Waals surface area (Å²) in [7, 11) is 0. The highest BCUT2D eigenvalue weighted by atomic mass is 16.2. The fourth-order valence-corrected chi connectivity index (χ4v) is 2.90. The van der Waals surface area contributed by atoms with Crippen LogP contribution in [0.25, 0.3) is 0 Å². The lowest BCUT2D eigenvalue weighted by Gasteiger charge is -2.32. The maximum Gasteiger partial charge on any atom is 0.139 e. The molecule has 0 aromatic carbocycles. The van der Waals surface area contributed by atoms with Gasteiger partial charge in [-0.2, -0.15) is 0 Å². The quantitative estimate of drug-likeness (QED) is 0.649. The summed E-state index contributed by atoms with van der Waals surface area (Å²) >= 11 is 0. The van der Waals surface area contributed by atoms with E-state index in [1.807, 2.05) is 0 Å². The summed E-state index contributed by atoms with van der Waals surface area (Å²) < 4.78 is 0. The number of Topliss-reactive ketones (excluding diaryl/α,β-unsaturated/α-hetero) is 1. The topological polar surface area (TPSA) is 37.3 Å². The lowest BCUT2D eigenvalue weighted by molar-refractivity contribution is -0.128. The maximum atomic E-state index is 11.6. The molecule has 0 amide bonds. The van der Waals surface area contributed by atoms with Gasteiger partial charge >= 0.3 is 0 Å². The molecule has 0 aliphatic heterocycles. The molecule has 14 heavy (non-hydrogen) atoms. The second kappa shape index (κ2) is 3.65. The average Bonchev–Trinajstić information content (AvgIpc) is 2.38. The van der Waals surface area contributed by atoms with Crippen molar-refractivity contribution in [2.75, 3.05) is 6.61 Å². The van der Waals surface area contributed by atoms with Crippen LogP contribution in [0.5, 0.6) is 0 Å². The fraction of sp³-hybridized carbons (Fsp3) is 0.917. The molecule has 2 heteroatoms. The number of ketones is 1. The Balaban J connectivity index is 0.000000293. The second-order valence-electron chi connectivity index (χ2n) is 5.23. The molecule has 2 aliphatic rings. The minimum absolute atomic E-state index is 0.0255. The van der Waals surface area contributed by atoms with E-state index in [1.165, 1.54) is 6.42 Å². The third kappa shape index (κ3) is 1.40. The van der Waals surface area contributed by atoms with Crippen LogP contribution in [-0.4, -0.2) is 17.5 Å². The van der Waals surface area contributed by atoms with Gasteiger partial charge in [0.2, 0.25) is 0 Å². The Morgan fingerprint density at radius 3 is 2.07 bits per heavy atom. The van der Waals surface area contributed by atoms with E-state index >= 15 is 0 Å². The number of hydrogen-bond donors (Lipinski definition) is 1. The van der Waals surface area contributed by atoms with Crippen LogP contribution in [0, 0.1) is 16.7 Å². The molecule has 2 atom stereocenters. The van der Waals surface area contributed by atoms with E-state index in [0.717, 1.165) is 12.8 Å². The van der Waals surface area contributed by atoms with E-state index in [-0.39, 0.29) is 17.4 Å². The van der Waals surface area contributed by atoms with Gasteiger partial charge in [-0.25, -0.2) is 0 Å². The first-order valence-corrected chi connectivity index (χ1v) is 5.54. The highest BCUT2D eigenvalue weighted by Crippen LogP contribution is 2.63. The summed E-state index contributed by atoms with van der Waals surface area (Å²) in [5.74, 6) is 1.19. The van der Waals surface area contributed by atoms with Gasteiger partial charge in [-0.3, -0.25) is 4.79 Å². The van der Waals surface area contributed by atoms with Crippen molar-refractivity contribution in [3.05, 3.63) is 0 Å². The zero-order valence-corrected chi connectivity index (χ0v) is 9.76. The Labute approximate surface area is 86.7 Å². The lowest BCUT2D eigenvalue weighted by Crippen LogP contribution is -2.32. The van der Waals surface area contributed by atoms with Gasteiger partial charge in [-0.1, -0.05) is 20.8 Å². The largest absolute Gasteiger partial charge is 0.397 e. The normalized spacial score (nSPS) is 38.1. The minimum atomic E-state index is 0.0255. The first-order chi connectivity index (χ1) is 6.40. The standard InChI is InChI=1S/C10H16O.C2H6O/c1-9(2)7-4-5-10(9,3)8(11)6-7;1-2-3/h7H,4-6H2,1-3H3;3H,2H2,1H3. The van der Waals surface area contributed by atoms with Gasteiger partial charge in [0, 0.05) is 18.4 Å². The number of aliphatic hydroxyl groups is 1. The van der Waals surface area contributed by atoms with Gasteiger partial charge in [0.15, 0.2) is 0 Å². The third-order valence-corrected chi connectivity index (χ3v) is 4.48. The summed E-state index contributed by atoms with van der Waals surface area (Å²) in [6, 6.07) is 0. The van der Waals surface area contributed by atoms with Crippen LogP contribution in [0.15, 0.2) is 0 Å². The minimum Gasteiger partial charge on any atom is -0.397 e. The van der Waals surface area contributed by atoms with Crippen molar-refractivity contribution in [2.45, 2.75) is 47.0 Å². The number of rotatable bonds is 0. The Bertz CT molecular complexity index is 232. The molecule has 0 aromatic heterocycles. The Kier molecular flexibility index (Phi) is 3.05. The van der Waals surface area contributed by atoms with Gasteiger partial charge in [-0.15, -0.1) is 0 Å². The summed E-state index contributed by atoms with van der Waals surface area (Å²) in [5, 5.41) is 7.57. The average molecular weight is 198 g/mol. The van der Waals surface area contributed by atoms with Gasteiger partial charge in [0.05, 0.1) is 0 Å². The van der Waals surface area contributed by atoms with E-state index in [2.05, 4.69) is 20.8 Å². The van der Waals surface area contributed by atoms with Crippen molar-refractivity contribution in [1.82, 2.24) is 0 Å². The van der Waals surface area contributed by atoms with Crippen molar-refractivity contribution in [1.29, 1.82) is 0 Å². The molecule has 2 bridgehead atoms. The molecule has 0 spiro atoms. The highest BCUT2D eigenvalue weighted by molar-refractivity contribution is 5.89. The smallest absolute Gasteiger partial charge is 0.139 e. The first-order valence-electron chi connectivity index (χ1n) is 5.54. The van der Waals surface area contributed by atoms with Gasteiger partial charge < -0.3 is 5.11 Å². The van der Waals surface area contributed by atoms with Crippen LogP contribution in [0.3, 0.4) is 0 Å². The Hall–Kier alpha value is -0.370. The molecule has 2 unspecified atom stereocenters. The second-order valence-corrected chi connectivity index (χ2v) is 5.23. The Morgan fingerprint density at radius 1 is 1.43 bits per heavy atom. The van der Waals surface area contributed by atoms with Crippen LogP contribution in [0.2, 0.25) is 0 Å². The van der Waals surface area contributed by atoms with Gasteiger partial charge in [0.1, 0.15) is 5.78 Å². The Morgan fingerprint density at radius 2 is 1.93 bits per heavy atom. The number of fused-ring (bicyclic) bond motifs is 2. The predicted octanol–water partition coefficient (Wildman–Crippen LogP) is 2.40. The summed E-state index contributed by atoms with van der Waals surface area (Å²) in [4.78, 5) is 11.6. The van der Waals surface area contributed by atoms with Gasteiger partial charge in [0.25, 0.3) is 0 Å². The highest BCUT2D eigenvalue weighted by Gasteiger charge is 2.61. The van der Waals surface area contributed by atoms with Crippen LogP contribution < -0.4 is 0 Å². The molecule has 82 valence electrons. The number of carbonyl (C=O) groups excluding carboxylic acids is 1. The molecule has 2 aliphatic carbocycles. The number of carbonyl (C=O) groups is 1. The van der Waals surface area contributed by atoms with E-state index in [1.54, 1.807) is 6.92 Å². The molecule has 0 saturated heterocycles. The summed E-state index contributed by atoms with van der Waals surface area (Å²) in [5.41, 5.74) is 0.307. The molecular weight excluding hydrogens is 176 g/mol. The van der Waals surface area contributed by atoms with E-state index in [4.69, 9.17) is 5.11 Å². The first kappa shape index (κ1) is 11.7. The molecule has 0 heterocycles. The van der Waals surface area contributed by atoms with Crippen LogP contribution in [0.4, 0.5) is 0 Å². The van der Waals surface area contributed by atoms with Crippen molar-refractivity contribution in [3.8, 4) is 0 Å². The molecule has 2 rings (SSSR count). The molecular formula is C12H22O2. The van der Waals surface area contributed by atoms with E-state index in [0.29, 0.717) is 11.7 Å². The van der Waals surface area contributed by atoms with Gasteiger partial charge in [-0.05, 0) is 31.1 Å². The van der Waals surface area contributed by atoms with Crippen LogP contribution in [0.1, 0.15) is 47.0 Å². The number of aliphatic hydroxyl groups excluding tert-OH is 1. The van der Waals surface area contributed by atoms with Crippen LogP contribution in [-0.2, 0) is 4.79 Å². The SMILES string of the molecule is CC12CCC(CC1=O)C2(C)C.CCO. The van der Waals surface area contributed by atoms with E-state index < -0.39 is 0 Å². The zero-order valence-electron chi connectivity index (χ0n) is 9.76. The monoisotopic (exact) mass is 198 g/mol. The fourth-order valence-electron chi connectivity index (χ4n) is 2.90. The molecule has 0 aromatic rings. The molecule has 2 nitrogen and oxygen atoms in total.